The van der Waals surface area contributed by atoms with Crippen molar-refractivity contribution in [2.45, 2.75) is 26.1 Å². The minimum Gasteiger partial charge on any atom is -0.431 e. The van der Waals surface area contributed by atoms with Crippen LogP contribution < -0.4 is 0 Å². The summed E-state index contributed by atoms with van der Waals surface area (Å²) >= 11 is 0. The topological polar surface area (TPSA) is 44.8 Å². The third-order valence-electron chi connectivity index (χ3n) is 1.78. The van der Waals surface area contributed by atoms with Gasteiger partial charge < -0.3 is 14.2 Å². The Balaban J connectivity index is 2.53. The van der Waals surface area contributed by atoms with Crippen LogP contribution in [0, 0.1) is 0 Å². The van der Waals surface area contributed by atoms with Gasteiger partial charge in [0, 0.05) is 13.3 Å². The number of carbonyl (C=O) groups is 1. The number of esters is 1. The Hall–Kier alpha value is -0.610. The molecule has 4 heteroatoms. The fraction of sp³-hybridized carbons (Fsp3) is 0.875. The van der Waals surface area contributed by atoms with Crippen molar-refractivity contribution in [1.82, 2.24) is 0 Å². The van der Waals surface area contributed by atoms with Gasteiger partial charge in [0.15, 0.2) is 0 Å². The summed E-state index contributed by atoms with van der Waals surface area (Å²) in [5.74, 6) is -1.16. The molecule has 0 aromatic heterocycles. The zero-order valence-electron chi connectivity index (χ0n) is 7.46. The predicted molar refractivity (Wildman–Crippen MR) is 41.6 cm³/mol. The average molecular weight is 174 g/mol. The summed E-state index contributed by atoms with van der Waals surface area (Å²) in [6.45, 7) is 4.67. The van der Waals surface area contributed by atoms with E-state index >= 15 is 0 Å². The second kappa shape index (κ2) is 3.87. The van der Waals surface area contributed by atoms with Gasteiger partial charge in [-0.05, 0) is 0 Å². The van der Waals surface area contributed by atoms with Crippen molar-refractivity contribution >= 4 is 5.97 Å². The van der Waals surface area contributed by atoms with Crippen LogP contribution in [0.3, 0.4) is 0 Å². The summed E-state index contributed by atoms with van der Waals surface area (Å²) in [5.41, 5.74) is 0. The molecule has 1 heterocycles. The molecule has 12 heavy (non-hydrogen) atoms. The van der Waals surface area contributed by atoms with E-state index in [1.807, 2.05) is 6.92 Å². The van der Waals surface area contributed by atoms with E-state index < -0.39 is 5.79 Å². The van der Waals surface area contributed by atoms with Crippen molar-refractivity contribution < 1.29 is 19.0 Å². The van der Waals surface area contributed by atoms with E-state index in [1.54, 1.807) is 0 Å². The van der Waals surface area contributed by atoms with Crippen LogP contribution in [0.4, 0.5) is 0 Å². The summed E-state index contributed by atoms with van der Waals surface area (Å²) in [7, 11) is 0. The Morgan fingerprint density at radius 3 is 2.75 bits per heavy atom. The standard InChI is InChI=1S/C8H14O4/c1-3-8(12-7(2)9)6-10-4-5-11-8/h3-6H2,1-2H3. The number of hydrogen-bond acceptors (Lipinski definition) is 4. The van der Waals surface area contributed by atoms with Gasteiger partial charge in [0.25, 0.3) is 0 Å². The Morgan fingerprint density at radius 1 is 1.58 bits per heavy atom. The first kappa shape index (κ1) is 9.48. The molecule has 0 saturated carbocycles. The van der Waals surface area contributed by atoms with Gasteiger partial charge in [-0.15, -0.1) is 0 Å². The van der Waals surface area contributed by atoms with Crippen LogP contribution in [0.15, 0.2) is 0 Å². The van der Waals surface area contributed by atoms with Gasteiger partial charge in [-0.1, -0.05) is 6.92 Å². The summed E-state index contributed by atoms with van der Waals surface area (Å²) in [6.07, 6.45) is 0.618. The van der Waals surface area contributed by atoms with Crippen LogP contribution in [0.5, 0.6) is 0 Å². The SMILES string of the molecule is CCC1(OC(C)=O)COCCO1. The summed E-state index contributed by atoms with van der Waals surface area (Å²) in [5, 5.41) is 0. The average Bonchev–Trinajstić information content (AvgIpc) is 2.05. The number of rotatable bonds is 2. The highest BCUT2D eigenvalue weighted by molar-refractivity contribution is 5.66. The molecular formula is C8H14O4. The molecule has 1 aliphatic rings. The van der Waals surface area contributed by atoms with Crippen LogP contribution in [-0.2, 0) is 19.0 Å². The third kappa shape index (κ3) is 2.19. The van der Waals surface area contributed by atoms with Crippen LogP contribution in [-0.4, -0.2) is 31.6 Å². The molecular weight excluding hydrogens is 160 g/mol. The lowest BCUT2D eigenvalue weighted by Gasteiger charge is -2.34. The van der Waals surface area contributed by atoms with Gasteiger partial charge in [-0.2, -0.15) is 0 Å². The molecule has 0 aliphatic carbocycles. The number of hydrogen-bond donors (Lipinski definition) is 0. The summed E-state index contributed by atoms with van der Waals surface area (Å²) in [6, 6.07) is 0. The molecule has 1 unspecified atom stereocenters. The van der Waals surface area contributed by atoms with Gasteiger partial charge >= 0.3 is 5.97 Å². The highest BCUT2D eigenvalue weighted by atomic mass is 16.7. The molecule has 4 nitrogen and oxygen atoms in total. The molecule has 0 radical (unpaired) electrons. The quantitative estimate of drug-likeness (QED) is 0.578. The fourth-order valence-corrected chi connectivity index (χ4v) is 1.15. The zero-order valence-corrected chi connectivity index (χ0v) is 7.46. The number of ether oxygens (including phenoxy) is 3. The van der Waals surface area contributed by atoms with Gasteiger partial charge in [0.2, 0.25) is 5.79 Å². The van der Waals surface area contributed by atoms with E-state index in [4.69, 9.17) is 14.2 Å². The lowest BCUT2D eigenvalue weighted by Crippen LogP contribution is -2.46. The fourth-order valence-electron chi connectivity index (χ4n) is 1.15. The van der Waals surface area contributed by atoms with Gasteiger partial charge in [-0.25, -0.2) is 0 Å². The molecule has 0 amide bonds. The van der Waals surface area contributed by atoms with Gasteiger partial charge in [0.05, 0.1) is 13.2 Å². The van der Waals surface area contributed by atoms with E-state index in [1.165, 1.54) is 6.92 Å². The Bertz CT molecular complexity index is 160. The first-order valence-corrected chi connectivity index (χ1v) is 4.10. The zero-order chi connectivity index (χ0) is 9.03. The Kier molecular flexibility index (Phi) is 3.05. The minimum atomic E-state index is -0.829. The van der Waals surface area contributed by atoms with Crippen molar-refractivity contribution in [1.29, 1.82) is 0 Å². The lowest BCUT2D eigenvalue weighted by atomic mass is 10.2. The Morgan fingerprint density at radius 2 is 2.33 bits per heavy atom. The second-order valence-corrected chi connectivity index (χ2v) is 2.76. The van der Waals surface area contributed by atoms with E-state index in [2.05, 4.69) is 0 Å². The molecule has 1 aliphatic heterocycles. The largest absolute Gasteiger partial charge is 0.431 e. The molecule has 70 valence electrons. The van der Waals surface area contributed by atoms with Crippen molar-refractivity contribution in [2.75, 3.05) is 19.8 Å². The van der Waals surface area contributed by atoms with E-state index in [0.29, 0.717) is 26.2 Å². The molecule has 1 saturated heterocycles. The van der Waals surface area contributed by atoms with Crippen molar-refractivity contribution in [2.24, 2.45) is 0 Å². The maximum atomic E-state index is 10.7. The van der Waals surface area contributed by atoms with Gasteiger partial charge in [-0.3, -0.25) is 4.79 Å². The molecule has 0 aromatic rings. The predicted octanol–water partition coefficient (Wildman–Crippen LogP) is 0.703. The van der Waals surface area contributed by atoms with Gasteiger partial charge in [0.1, 0.15) is 6.61 Å². The smallest absolute Gasteiger partial charge is 0.305 e. The van der Waals surface area contributed by atoms with Crippen LogP contribution in [0.25, 0.3) is 0 Å². The van der Waals surface area contributed by atoms with E-state index in [-0.39, 0.29) is 5.97 Å². The molecule has 0 aromatic carbocycles. The highest BCUT2D eigenvalue weighted by Crippen LogP contribution is 2.21. The van der Waals surface area contributed by atoms with E-state index in [9.17, 15) is 4.79 Å². The van der Waals surface area contributed by atoms with E-state index in [0.717, 1.165) is 0 Å². The Labute approximate surface area is 71.8 Å². The highest BCUT2D eigenvalue weighted by Gasteiger charge is 2.35. The van der Waals surface area contributed by atoms with Crippen molar-refractivity contribution in [3.63, 3.8) is 0 Å². The first-order valence-electron chi connectivity index (χ1n) is 4.10. The maximum Gasteiger partial charge on any atom is 0.305 e. The maximum absolute atomic E-state index is 10.7. The number of carbonyl (C=O) groups excluding carboxylic acids is 1. The first-order chi connectivity index (χ1) is 5.68. The molecule has 1 rings (SSSR count). The molecule has 0 spiro atoms. The third-order valence-corrected chi connectivity index (χ3v) is 1.78. The van der Waals surface area contributed by atoms with Crippen LogP contribution in [0.1, 0.15) is 20.3 Å². The van der Waals surface area contributed by atoms with Crippen LogP contribution in [0.2, 0.25) is 0 Å². The normalized spacial score (nSPS) is 29.8. The second-order valence-electron chi connectivity index (χ2n) is 2.76. The molecule has 0 N–H and O–H groups in total. The molecule has 1 atom stereocenters. The van der Waals surface area contributed by atoms with Crippen molar-refractivity contribution in [3.8, 4) is 0 Å². The molecule has 0 bridgehead atoms. The van der Waals surface area contributed by atoms with Crippen LogP contribution >= 0.6 is 0 Å². The summed E-state index contributed by atoms with van der Waals surface area (Å²) in [4.78, 5) is 10.7. The molecule has 1 fully saturated rings. The summed E-state index contributed by atoms with van der Waals surface area (Å²) < 4.78 is 15.6. The minimum absolute atomic E-state index is 0.331. The van der Waals surface area contributed by atoms with Crippen molar-refractivity contribution in [3.05, 3.63) is 0 Å². The monoisotopic (exact) mass is 174 g/mol. The lowest BCUT2D eigenvalue weighted by molar-refractivity contribution is -0.280.